The molecule has 2 aromatic rings. The van der Waals surface area contributed by atoms with Crippen LogP contribution in [0.5, 0.6) is 0 Å². The van der Waals surface area contributed by atoms with Crippen molar-refractivity contribution in [3.05, 3.63) is 40.2 Å². The summed E-state index contributed by atoms with van der Waals surface area (Å²) in [5, 5.41) is 12.7. The lowest BCUT2D eigenvalue weighted by atomic mass is 10.1. The van der Waals surface area contributed by atoms with E-state index in [4.69, 9.17) is 4.42 Å². The first-order chi connectivity index (χ1) is 12.0. The standard InChI is InChI=1S/C18H22N2O4S/c1-3-20(4-2)12-6-5-11-9-13(18(23)24-15(11)10-12)16-19-14(17(21)22)7-8-25-16/h5-6,9-10,14,16,19H,3-4,7-8H2,1-2H3,(H,21,22)/t14-,16?/m0/s1. The summed E-state index contributed by atoms with van der Waals surface area (Å²) in [5.74, 6) is -0.202. The van der Waals surface area contributed by atoms with E-state index in [2.05, 4.69) is 24.1 Å². The van der Waals surface area contributed by atoms with Gasteiger partial charge < -0.3 is 14.4 Å². The maximum Gasteiger partial charge on any atom is 0.341 e. The molecule has 7 heteroatoms. The minimum absolute atomic E-state index is 0.363. The Hall–Kier alpha value is -1.99. The summed E-state index contributed by atoms with van der Waals surface area (Å²) in [5.41, 5.74) is 1.62. The molecule has 0 radical (unpaired) electrons. The maximum atomic E-state index is 12.4. The number of aliphatic carboxylic acids is 1. The number of carboxylic acids is 1. The number of hydrogen-bond donors (Lipinski definition) is 2. The van der Waals surface area contributed by atoms with E-state index < -0.39 is 17.6 Å². The van der Waals surface area contributed by atoms with Crippen molar-refractivity contribution in [2.75, 3.05) is 23.7 Å². The topological polar surface area (TPSA) is 82.8 Å². The summed E-state index contributed by atoms with van der Waals surface area (Å²) >= 11 is 1.53. The summed E-state index contributed by atoms with van der Waals surface area (Å²) in [7, 11) is 0. The van der Waals surface area contributed by atoms with Crippen molar-refractivity contribution < 1.29 is 14.3 Å². The lowest BCUT2D eigenvalue weighted by molar-refractivity contribution is -0.139. The van der Waals surface area contributed by atoms with Gasteiger partial charge in [0.25, 0.3) is 0 Å². The number of anilines is 1. The monoisotopic (exact) mass is 362 g/mol. The Bertz CT molecular complexity index is 831. The Morgan fingerprint density at radius 1 is 1.36 bits per heavy atom. The van der Waals surface area contributed by atoms with E-state index in [1.54, 1.807) is 0 Å². The van der Waals surface area contributed by atoms with Crippen LogP contribution in [0.3, 0.4) is 0 Å². The lowest BCUT2D eigenvalue weighted by Crippen LogP contribution is -2.42. The van der Waals surface area contributed by atoms with E-state index in [-0.39, 0.29) is 5.37 Å². The normalized spacial score (nSPS) is 20.6. The van der Waals surface area contributed by atoms with Crippen molar-refractivity contribution >= 4 is 34.4 Å². The molecule has 0 saturated carbocycles. The third kappa shape index (κ3) is 3.67. The molecule has 134 valence electrons. The fourth-order valence-electron chi connectivity index (χ4n) is 3.08. The summed E-state index contributed by atoms with van der Waals surface area (Å²) in [6.45, 7) is 5.92. The number of thioether (sulfide) groups is 1. The van der Waals surface area contributed by atoms with Gasteiger partial charge in [-0.2, -0.15) is 0 Å². The molecule has 1 saturated heterocycles. The van der Waals surface area contributed by atoms with Gasteiger partial charge in [-0.1, -0.05) is 0 Å². The van der Waals surface area contributed by atoms with Crippen LogP contribution >= 0.6 is 11.8 Å². The first-order valence-electron chi connectivity index (χ1n) is 8.46. The van der Waals surface area contributed by atoms with E-state index in [0.717, 1.165) is 24.2 Å². The smallest absolute Gasteiger partial charge is 0.341 e. The first-order valence-corrected chi connectivity index (χ1v) is 9.51. The molecular weight excluding hydrogens is 340 g/mol. The highest BCUT2D eigenvalue weighted by atomic mass is 32.2. The first kappa shape index (κ1) is 17.8. The zero-order chi connectivity index (χ0) is 18.0. The number of nitrogens with zero attached hydrogens (tertiary/aromatic N) is 1. The van der Waals surface area contributed by atoms with Gasteiger partial charge in [0.2, 0.25) is 0 Å². The summed E-state index contributed by atoms with van der Waals surface area (Å²) < 4.78 is 5.54. The Labute approximate surface area is 150 Å². The van der Waals surface area contributed by atoms with Crippen LogP contribution in [0.15, 0.2) is 33.5 Å². The largest absolute Gasteiger partial charge is 0.480 e. The minimum Gasteiger partial charge on any atom is -0.480 e. The van der Waals surface area contributed by atoms with E-state index in [1.165, 1.54) is 11.8 Å². The predicted molar refractivity (Wildman–Crippen MR) is 100 cm³/mol. The summed E-state index contributed by atoms with van der Waals surface area (Å²) in [4.78, 5) is 25.8. The van der Waals surface area contributed by atoms with Gasteiger partial charge in [-0.25, -0.2) is 4.79 Å². The van der Waals surface area contributed by atoms with Gasteiger partial charge in [0, 0.05) is 30.2 Å². The molecule has 2 atom stereocenters. The molecule has 1 aromatic heterocycles. The third-order valence-corrected chi connectivity index (χ3v) is 5.69. The van der Waals surface area contributed by atoms with Gasteiger partial charge in [0.1, 0.15) is 11.6 Å². The molecule has 0 bridgehead atoms. The van der Waals surface area contributed by atoms with Crippen LogP contribution in [-0.4, -0.2) is 36.0 Å². The van der Waals surface area contributed by atoms with Crippen LogP contribution in [-0.2, 0) is 4.79 Å². The molecule has 6 nitrogen and oxygen atoms in total. The SMILES string of the molecule is CCN(CC)c1ccc2cc(C3N[C@H](C(=O)O)CCS3)c(=O)oc2c1. The fourth-order valence-corrected chi connectivity index (χ4v) is 4.29. The number of hydrogen-bond acceptors (Lipinski definition) is 6. The number of nitrogens with one attached hydrogen (secondary N) is 1. The van der Waals surface area contributed by atoms with E-state index in [1.807, 2.05) is 24.3 Å². The Balaban J connectivity index is 1.95. The fraction of sp³-hybridized carbons (Fsp3) is 0.444. The van der Waals surface area contributed by atoms with Gasteiger partial charge in [-0.15, -0.1) is 11.8 Å². The lowest BCUT2D eigenvalue weighted by Gasteiger charge is -2.27. The molecule has 0 aliphatic carbocycles. The zero-order valence-electron chi connectivity index (χ0n) is 14.3. The molecule has 3 rings (SSSR count). The number of carboxylic acid groups (broad SMARTS) is 1. The minimum atomic E-state index is -0.889. The molecule has 1 aliphatic heterocycles. The van der Waals surface area contributed by atoms with Gasteiger partial charge in [0.15, 0.2) is 0 Å². The molecule has 1 aromatic carbocycles. The number of fused-ring (bicyclic) bond motifs is 1. The molecule has 1 fully saturated rings. The van der Waals surface area contributed by atoms with E-state index in [0.29, 0.717) is 23.3 Å². The highest BCUT2D eigenvalue weighted by Crippen LogP contribution is 2.32. The highest BCUT2D eigenvalue weighted by Gasteiger charge is 2.29. The average Bonchev–Trinajstić information content (AvgIpc) is 2.62. The van der Waals surface area contributed by atoms with Crippen molar-refractivity contribution in [2.45, 2.75) is 31.7 Å². The molecule has 2 heterocycles. The van der Waals surface area contributed by atoms with Crippen LogP contribution in [0.25, 0.3) is 11.0 Å². The van der Waals surface area contributed by atoms with Crippen molar-refractivity contribution in [1.29, 1.82) is 0 Å². The molecule has 1 aliphatic rings. The molecular formula is C18H22N2O4S. The van der Waals surface area contributed by atoms with Gasteiger partial charge in [-0.3, -0.25) is 10.1 Å². The van der Waals surface area contributed by atoms with Gasteiger partial charge in [-0.05, 0) is 44.2 Å². The summed E-state index contributed by atoms with van der Waals surface area (Å²) in [6.07, 6.45) is 0.544. The highest BCUT2D eigenvalue weighted by molar-refractivity contribution is 7.99. The van der Waals surface area contributed by atoms with E-state index >= 15 is 0 Å². The quantitative estimate of drug-likeness (QED) is 0.791. The zero-order valence-corrected chi connectivity index (χ0v) is 15.1. The average molecular weight is 362 g/mol. The van der Waals surface area contributed by atoms with Crippen molar-refractivity contribution in [3.63, 3.8) is 0 Å². The van der Waals surface area contributed by atoms with Crippen LogP contribution in [0.2, 0.25) is 0 Å². The molecule has 0 spiro atoms. The van der Waals surface area contributed by atoms with Crippen molar-refractivity contribution in [3.8, 4) is 0 Å². The van der Waals surface area contributed by atoms with Gasteiger partial charge in [0.05, 0.1) is 10.9 Å². The van der Waals surface area contributed by atoms with Crippen molar-refractivity contribution in [2.24, 2.45) is 0 Å². The Kier molecular flexibility index (Phi) is 5.34. The second-order valence-corrected chi connectivity index (χ2v) is 7.19. The molecule has 2 N–H and O–H groups in total. The van der Waals surface area contributed by atoms with Gasteiger partial charge >= 0.3 is 11.6 Å². The molecule has 25 heavy (non-hydrogen) atoms. The van der Waals surface area contributed by atoms with Crippen LogP contribution in [0, 0.1) is 0 Å². The number of carbonyl (C=O) groups is 1. The predicted octanol–water partition coefficient (Wildman–Crippen LogP) is 2.82. The van der Waals surface area contributed by atoms with E-state index in [9.17, 15) is 14.7 Å². The van der Waals surface area contributed by atoms with Crippen LogP contribution in [0.4, 0.5) is 5.69 Å². The third-order valence-electron chi connectivity index (χ3n) is 4.50. The number of rotatable bonds is 5. The second kappa shape index (κ2) is 7.49. The van der Waals surface area contributed by atoms with Crippen LogP contribution in [0.1, 0.15) is 31.2 Å². The van der Waals surface area contributed by atoms with Crippen LogP contribution < -0.4 is 15.8 Å². The Morgan fingerprint density at radius 2 is 2.12 bits per heavy atom. The summed E-state index contributed by atoms with van der Waals surface area (Å²) in [6, 6.07) is 7.02. The van der Waals surface area contributed by atoms with Crippen molar-refractivity contribution in [1.82, 2.24) is 5.32 Å². The molecule has 1 unspecified atom stereocenters. The second-order valence-electron chi connectivity index (χ2n) is 5.98. The number of benzene rings is 1. The Morgan fingerprint density at radius 3 is 2.80 bits per heavy atom. The maximum absolute atomic E-state index is 12.4. The molecule has 0 amide bonds.